The highest BCUT2D eigenvalue weighted by atomic mass is 16.5. The van der Waals surface area contributed by atoms with Gasteiger partial charge in [-0.25, -0.2) is 0 Å². The number of anilines is 1. The molecule has 29 heavy (non-hydrogen) atoms. The van der Waals surface area contributed by atoms with Crippen molar-refractivity contribution in [1.29, 1.82) is 0 Å². The number of fused-ring (bicyclic) bond motifs is 1. The Bertz CT molecular complexity index is 979. The number of aryl methyl sites for hydroxylation is 2. The fourth-order valence-electron chi connectivity index (χ4n) is 3.60. The SMILES string of the molecule is CCc1ccc(OCC(=O)Nc2cccc(-c3nnc4n3CCCCC4)c2)cc1. The van der Waals surface area contributed by atoms with Crippen LogP contribution in [0.25, 0.3) is 11.4 Å². The van der Waals surface area contributed by atoms with E-state index in [1.54, 1.807) is 0 Å². The van der Waals surface area contributed by atoms with Crippen LogP contribution in [0.4, 0.5) is 5.69 Å². The number of benzene rings is 2. The van der Waals surface area contributed by atoms with Gasteiger partial charge in [0.15, 0.2) is 12.4 Å². The van der Waals surface area contributed by atoms with E-state index in [0.717, 1.165) is 55.1 Å². The molecule has 0 saturated heterocycles. The minimum absolute atomic E-state index is 0.0317. The maximum absolute atomic E-state index is 12.3. The second kappa shape index (κ2) is 8.90. The predicted octanol–water partition coefficient (Wildman–Crippen LogP) is 4.25. The molecule has 1 aliphatic rings. The molecule has 4 rings (SSSR count). The van der Waals surface area contributed by atoms with Crippen LogP contribution in [0.2, 0.25) is 0 Å². The smallest absolute Gasteiger partial charge is 0.262 e. The first-order chi connectivity index (χ1) is 14.2. The Labute approximate surface area is 170 Å². The van der Waals surface area contributed by atoms with Gasteiger partial charge in [-0.15, -0.1) is 10.2 Å². The summed E-state index contributed by atoms with van der Waals surface area (Å²) in [7, 11) is 0. The second-order valence-electron chi connectivity index (χ2n) is 7.32. The second-order valence-corrected chi connectivity index (χ2v) is 7.32. The number of nitrogens with one attached hydrogen (secondary N) is 1. The average Bonchev–Trinajstić information content (AvgIpc) is 3.01. The monoisotopic (exact) mass is 390 g/mol. The van der Waals surface area contributed by atoms with Crippen LogP contribution in [0, 0.1) is 0 Å². The third-order valence-electron chi connectivity index (χ3n) is 5.22. The van der Waals surface area contributed by atoms with Gasteiger partial charge < -0.3 is 14.6 Å². The molecule has 0 bridgehead atoms. The van der Waals surface area contributed by atoms with Crippen LogP contribution < -0.4 is 10.1 Å². The molecule has 6 heteroatoms. The minimum Gasteiger partial charge on any atom is -0.484 e. The summed E-state index contributed by atoms with van der Waals surface area (Å²) < 4.78 is 7.80. The van der Waals surface area contributed by atoms with Gasteiger partial charge in [-0.2, -0.15) is 0 Å². The summed E-state index contributed by atoms with van der Waals surface area (Å²) in [5.41, 5.74) is 2.92. The molecule has 1 N–H and O–H groups in total. The van der Waals surface area contributed by atoms with Crippen LogP contribution in [0.1, 0.15) is 37.6 Å². The number of carbonyl (C=O) groups is 1. The lowest BCUT2D eigenvalue weighted by Crippen LogP contribution is -2.20. The summed E-state index contributed by atoms with van der Waals surface area (Å²) in [6, 6.07) is 15.6. The van der Waals surface area contributed by atoms with E-state index in [4.69, 9.17) is 4.74 Å². The van der Waals surface area contributed by atoms with Crippen molar-refractivity contribution in [3.05, 3.63) is 59.9 Å². The molecule has 1 aliphatic heterocycles. The van der Waals surface area contributed by atoms with Crippen LogP contribution in [-0.2, 0) is 24.2 Å². The van der Waals surface area contributed by atoms with E-state index in [1.165, 1.54) is 12.0 Å². The summed E-state index contributed by atoms with van der Waals surface area (Å²) >= 11 is 0. The number of hydrogen-bond donors (Lipinski definition) is 1. The summed E-state index contributed by atoms with van der Waals surface area (Å²) in [6.07, 6.45) is 5.48. The molecular weight excluding hydrogens is 364 g/mol. The standard InChI is InChI=1S/C23H26N4O2/c1-2-17-10-12-20(13-11-17)29-16-22(28)24-19-8-6-7-18(15-19)23-26-25-21-9-4-3-5-14-27(21)23/h6-8,10-13,15H,2-5,9,14,16H2,1H3,(H,24,28). The number of hydrogen-bond acceptors (Lipinski definition) is 4. The van der Waals surface area contributed by atoms with Crippen LogP contribution >= 0.6 is 0 Å². The third-order valence-corrected chi connectivity index (χ3v) is 5.22. The molecule has 3 aromatic rings. The number of amides is 1. The fourth-order valence-corrected chi connectivity index (χ4v) is 3.60. The van der Waals surface area contributed by atoms with Crippen molar-refractivity contribution < 1.29 is 9.53 Å². The maximum atomic E-state index is 12.3. The molecule has 0 unspecified atom stereocenters. The van der Waals surface area contributed by atoms with Crippen molar-refractivity contribution in [3.8, 4) is 17.1 Å². The highest BCUT2D eigenvalue weighted by Crippen LogP contribution is 2.25. The molecule has 150 valence electrons. The van der Waals surface area contributed by atoms with E-state index in [9.17, 15) is 4.79 Å². The highest BCUT2D eigenvalue weighted by Gasteiger charge is 2.16. The topological polar surface area (TPSA) is 69.0 Å². The van der Waals surface area contributed by atoms with E-state index in [1.807, 2.05) is 48.5 Å². The van der Waals surface area contributed by atoms with Crippen molar-refractivity contribution >= 4 is 11.6 Å². The molecule has 0 atom stereocenters. The average molecular weight is 390 g/mol. The molecule has 0 fully saturated rings. The normalized spacial score (nSPS) is 13.4. The molecule has 0 radical (unpaired) electrons. The molecule has 2 heterocycles. The quantitative estimate of drug-likeness (QED) is 0.683. The van der Waals surface area contributed by atoms with E-state index < -0.39 is 0 Å². The lowest BCUT2D eigenvalue weighted by atomic mass is 10.2. The number of rotatable bonds is 6. The number of carbonyl (C=O) groups excluding carboxylic acids is 1. The van der Waals surface area contributed by atoms with Crippen LogP contribution in [0.3, 0.4) is 0 Å². The zero-order valence-corrected chi connectivity index (χ0v) is 16.7. The Hall–Kier alpha value is -3.15. The maximum Gasteiger partial charge on any atom is 0.262 e. The van der Waals surface area contributed by atoms with E-state index in [-0.39, 0.29) is 12.5 Å². The first-order valence-corrected chi connectivity index (χ1v) is 10.3. The van der Waals surface area contributed by atoms with Crippen LogP contribution in [-0.4, -0.2) is 27.3 Å². The zero-order chi connectivity index (χ0) is 20.1. The van der Waals surface area contributed by atoms with Gasteiger partial charge in [-0.1, -0.05) is 37.6 Å². The lowest BCUT2D eigenvalue weighted by molar-refractivity contribution is -0.118. The van der Waals surface area contributed by atoms with Gasteiger partial charge >= 0.3 is 0 Å². The van der Waals surface area contributed by atoms with Gasteiger partial charge in [-0.05, 0) is 49.1 Å². The first kappa shape index (κ1) is 19.2. The van der Waals surface area contributed by atoms with Crippen LogP contribution in [0.5, 0.6) is 5.75 Å². The third kappa shape index (κ3) is 4.65. The van der Waals surface area contributed by atoms with Crippen molar-refractivity contribution in [3.63, 3.8) is 0 Å². The molecular formula is C23H26N4O2. The van der Waals surface area contributed by atoms with Gasteiger partial charge in [0.25, 0.3) is 5.91 Å². The Balaban J connectivity index is 1.41. The molecule has 0 saturated carbocycles. The molecule has 1 aromatic heterocycles. The molecule has 1 amide bonds. The number of ether oxygens (including phenoxy) is 1. The molecule has 2 aromatic carbocycles. The Morgan fingerprint density at radius 3 is 2.79 bits per heavy atom. The van der Waals surface area contributed by atoms with Crippen molar-refractivity contribution in [2.75, 3.05) is 11.9 Å². The van der Waals surface area contributed by atoms with E-state index in [2.05, 4.69) is 27.0 Å². The van der Waals surface area contributed by atoms with Gasteiger partial charge in [0, 0.05) is 24.2 Å². The van der Waals surface area contributed by atoms with Gasteiger partial charge in [-0.3, -0.25) is 4.79 Å². The summed E-state index contributed by atoms with van der Waals surface area (Å²) in [4.78, 5) is 12.3. The summed E-state index contributed by atoms with van der Waals surface area (Å²) in [5.74, 6) is 2.42. The van der Waals surface area contributed by atoms with E-state index in [0.29, 0.717) is 5.75 Å². The number of nitrogens with zero attached hydrogens (tertiary/aromatic N) is 3. The number of aromatic nitrogens is 3. The van der Waals surface area contributed by atoms with E-state index >= 15 is 0 Å². The zero-order valence-electron chi connectivity index (χ0n) is 16.7. The Morgan fingerprint density at radius 2 is 1.97 bits per heavy atom. The van der Waals surface area contributed by atoms with Crippen molar-refractivity contribution in [1.82, 2.24) is 14.8 Å². The molecule has 0 spiro atoms. The van der Waals surface area contributed by atoms with Gasteiger partial charge in [0.1, 0.15) is 11.6 Å². The van der Waals surface area contributed by atoms with Crippen molar-refractivity contribution in [2.45, 2.75) is 45.6 Å². The van der Waals surface area contributed by atoms with Crippen LogP contribution in [0.15, 0.2) is 48.5 Å². The van der Waals surface area contributed by atoms with Crippen molar-refractivity contribution in [2.24, 2.45) is 0 Å². The fraction of sp³-hybridized carbons (Fsp3) is 0.348. The highest BCUT2D eigenvalue weighted by molar-refractivity contribution is 5.92. The lowest BCUT2D eigenvalue weighted by Gasteiger charge is -2.10. The Kier molecular flexibility index (Phi) is 5.89. The first-order valence-electron chi connectivity index (χ1n) is 10.3. The van der Waals surface area contributed by atoms with Gasteiger partial charge in [0.2, 0.25) is 0 Å². The Morgan fingerprint density at radius 1 is 1.10 bits per heavy atom. The summed E-state index contributed by atoms with van der Waals surface area (Å²) in [5, 5.41) is 11.7. The molecule has 6 nitrogen and oxygen atoms in total. The molecule has 0 aliphatic carbocycles. The summed E-state index contributed by atoms with van der Waals surface area (Å²) in [6.45, 7) is 3.02. The predicted molar refractivity (Wildman–Crippen MR) is 113 cm³/mol. The minimum atomic E-state index is -0.193. The largest absolute Gasteiger partial charge is 0.484 e. The van der Waals surface area contributed by atoms with Gasteiger partial charge in [0.05, 0.1) is 0 Å².